The predicted octanol–water partition coefficient (Wildman–Crippen LogP) is 1.98. The predicted molar refractivity (Wildman–Crippen MR) is 84.3 cm³/mol. The Morgan fingerprint density at radius 2 is 2.25 bits per heavy atom. The average molecular weight is 334 g/mol. The van der Waals surface area contributed by atoms with Crippen LogP contribution in [0.15, 0.2) is 27.3 Å². The van der Waals surface area contributed by atoms with Gasteiger partial charge in [0.15, 0.2) is 5.82 Å². The summed E-state index contributed by atoms with van der Waals surface area (Å²) in [7, 11) is 0. The smallest absolute Gasteiger partial charge is 0.315 e. The number of hydrogen-bond donors (Lipinski definition) is 2. The largest absolute Gasteiger partial charge is 0.469 e. The van der Waals surface area contributed by atoms with Crippen LogP contribution in [-0.2, 0) is 11.2 Å². The van der Waals surface area contributed by atoms with E-state index in [2.05, 4.69) is 20.8 Å². The van der Waals surface area contributed by atoms with E-state index >= 15 is 0 Å². The molecule has 1 fully saturated rings. The molecule has 1 aliphatic rings. The standard InChI is InChI=1S/C16H22N4O4/c1-11-18-15(24-20-11)14(12-5-9-22-10-6-12)19-16(21)17-7-4-13-3-2-8-23-13/h2-3,8,12,14H,4-7,9-10H2,1H3,(H2,17,19,21)/t14-/m1/s1. The maximum Gasteiger partial charge on any atom is 0.315 e. The third-order valence-electron chi connectivity index (χ3n) is 4.07. The van der Waals surface area contributed by atoms with Crippen LogP contribution >= 0.6 is 0 Å². The highest BCUT2D eigenvalue weighted by Gasteiger charge is 2.31. The molecular formula is C16H22N4O4. The minimum Gasteiger partial charge on any atom is -0.469 e. The van der Waals surface area contributed by atoms with Gasteiger partial charge in [0.2, 0.25) is 5.89 Å². The van der Waals surface area contributed by atoms with Gasteiger partial charge in [-0.3, -0.25) is 0 Å². The molecule has 0 aromatic carbocycles. The lowest BCUT2D eigenvalue weighted by atomic mass is 9.91. The molecule has 0 bridgehead atoms. The second kappa shape index (κ2) is 7.96. The zero-order valence-electron chi connectivity index (χ0n) is 13.7. The van der Waals surface area contributed by atoms with Gasteiger partial charge in [0.05, 0.1) is 6.26 Å². The lowest BCUT2D eigenvalue weighted by Gasteiger charge is -2.28. The van der Waals surface area contributed by atoms with Gasteiger partial charge in [0.25, 0.3) is 0 Å². The lowest BCUT2D eigenvalue weighted by Crippen LogP contribution is -2.42. The number of carbonyl (C=O) groups excluding carboxylic acids is 1. The normalized spacial score (nSPS) is 16.7. The van der Waals surface area contributed by atoms with Crippen LogP contribution in [0.1, 0.15) is 36.4 Å². The number of hydrogen-bond acceptors (Lipinski definition) is 6. The topological polar surface area (TPSA) is 102 Å². The van der Waals surface area contributed by atoms with E-state index in [1.54, 1.807) is 13.2 Å². The Bertz CT molecular complexity index is 634. The van der Waals surface area contributed by atoms with E-state index < -0.39 is 0 Å². The Kier molecular flexibility index (Phi) is 5.47. The number of aryl methyl sites for hydroxylation is 1. The van der Waals surface area contributed by atoms with Gasteiger partial charge in [-0.15, -0.1) is 0 Å². The maximum atomic E-state index is 12.2. The summed E-state index contributed by atoms with van der Waals surface area (Å²) < 4.78 is 15.9. The highest BCUT2D eigenvalue weighted by Crippen LogP contribution is 2.29. The van der Waals surface area contributed by atoms with Crippen molar-refractivity contribution in [3.05, 3.63) is 35.9 Å². The zero-order chi connectivity index (χ0) is 16.8. The number of aromatic nitrogens is 2. The molecule has 0 unspecified atom stereocenters. The number of nitrogens with one attached hydrogen (secondary N) is 2. The number of rotatable bonds is 6. The summed E-state index contributed by atoms with van der Waals surface area (Å²) in [6, 6.07) is 3.15. The molecule has 0 aliphatic carbocycles. The third kappa shape index (κ3) is 4.35. The first kappa shape index (κ1) is 16.5. The van der Waals surface area contributed by atoms with Crippen LogP contribution in [0.3, 0.4) is 0 Å². The molecule has 1 saturated heterocycles. The van der Waals surface area contributed by atoms with E-state index in [1.807, 2.05) is 12.1 Å². The van der Waals surface area contributed by atoms with Gasteiger partial charge in [0.1, 0.15) is 11.8 Å². The first-order valence-electron chi connectivity index (χ1n) is 8.17. The van der Waals surface area contributed by atoms with E-state index in [4.69, 9.17) is 13.7 Å². The summed E-state index contributed by atoms with van der Waals surface area (Å²) in [6.07, 6.45) is 3.95. The Hall–Kier alpha value is -2.35. The molecule has 2 N–H and O–H groups in total. The molecule has 2 aromatic heterocycles. The minimum absolute atomic E-state index is 0.217. The second-order valence-electron chi connectivity index (χ2n) is 5.84. The van der Waals surface area contributed by atoms with Gasteiger partial charge in [-0.1, -0.05) is 5.16 Å². The lowest BCUT2D eigenvalue weighted by molar-refractivity contribution is 0.0503. The number of furan rings is 1. The average Bonchev–Trinajstić information content (AvgIpc) is 3.25. The van der Waals surface area contributed by atoms with Gasteiger partial charge >= 0.3 is 6.03 Å². The minimum atomic E-state index is -0.307. The monoisotopic (exact) mass is 334 g/mol. The molecule has 1 aliphatic heterocycles. The SMILES string of the molecule is Cc1noc([C@H](NC(=O)NCCc2ccco2)C2CCOCC2)n1. The van der Waals surface area contributed by atoms with Crippen molar-refractivity contribution < 1.29 is 18.5 Å². The van der Waals surface area contributed by atoms with Crippen molar-refractivity contribution in [3.63, 3.8) is 0 Å². The van der Waals surface area contributed by atoms with Crippen LogP contribution < -0.4 is 10.6 Å². The summed E-state index contributed by atoms with van der Waals surface area (Å²) in [5.41, 5.74) is 0. The van der Waals surface area contributed by atoms with Crippen LogP contribution in [0.25, 0.3) is 0 Å². The van der Waals surface area contributed by atoms with Crippen LogP contribution in [-0.4, -0.2) is 35.9 Å². The molecule has 0 radical (unpaired) electrons. The molecule has 3 heterocycles. The van der Waals surface area contributed by atoms with Crippen molar-refractivity contribution in [2.75, 3.05) is 19.8 Å². The molecule has 2 amide bonds. The molecule has 0 spiro atoms. The van der Waals surface area contributed by atoms with Crippen LogP contribution in [0.4, 0.5) is 4.79 Å². The Labute approximate surface area is 139 Å². The van der Waals surface area contributed by atoms with Crippen molar-refractivity contribution >= 4 is 6.03 Å². The maximum absolute atomic E-state index is 12.2. The fraction of sp³-hybridized carbons (Fsp3) is 0.562. The fourth-order valence-corrected chi connectivity index (χ4v) is 2.82. The van der Waals surface area contributed by atoms with Crippen LogP contribution in [0.2, 0.25) is 0 Å². The highest BCUT2D eigenvalue weighted by atomic mass is 16.5. The van der Waals surface area contributed by atoms with E-state index in [0.717, 1.165) is 18.6 Å². The molecule has 2 aromatic rings. The Morgan fingerprint density at radius 3 is 2.92 bits per heavy atom. The second-order valence-corrected chi connectivity index (χ2v) is 5.84. The fourth-order valence-electron chi connectivity index (χ4n) is 2.82. The number of urea groups is 1. The number of amides is 2. The van der Waals surface area contributed by atoms with Gasteiger partial charge in [-0.2, -0.15) is 4.98 Å². The molecule has 0 saturated carbocycles. The molecule has 1 atom stereocenters. The van der Waals surface area contributed by atoms with Crippen molar-refractivity contribution in [3.8, 4) is 0 Å². The summed E-state index contributed by atoms with van der Waals surface area (Å²) in [5, 5.41) is 9.63. The van der Waals surface area contributed by atoms with Gasteiger partial charge < -0.3 is 24.3 Å². The highest BCUT2D eigenvalue weighted by molar-refractivity contribution is 5.74. The van der Waals surface area contributed by atoms with Crippen molar-refractivity contribution in [1.82, 2.24) is 20.8 Å². The summed E-state index contributed by atoms with van der Waals surface area (Å²) >= 11 is 0. The third-order valence-corrected chi connectivity index (χ3v) is 4.07. The number of carbonyl (C=O) groups is 1. The van der Waals surface area contributed by atoms with Crippen molar-refractivity contribution in [2.24, 2.45) is 5.92 Å². The Morgan fingerprint density at radius 1 is 1.42 bits per heavy atom. The molecule has 130 valence electrons. The Balaban J connectivity index is 1.57. The molecule has 8 heteroatoms. The molecule has 3 rings (SSSR count). The first-order valence-corrected chi connectivity index (χ1v) is 8.17. The molecule has 24 heavy (non-hydrogen) atoms. The van der Waals surface area contributed by atoms with Crippen molar-refractivity contribution in [1.29, 1.82) is 0 Å². The van der Waals surface area contributed by atoms with Gasteiger partial charge in [0, 0.05) is 26.2 Å². The zero-order valence-corrected chi connectivity index (χ0v) is 13.7. The summed E-state index contributed by atoms with van der Waals surface area (Å²) in [4.78, 5) is 16.5. The van der Waals surface area contributed by atoms with E-state index in [1.165, 1.54) is 0 Å². The number of nitrogens with zero attached hydrogens (tertiary/aromatic N) is 2. The van der Waals surface area contributed by atoms with Gasteiger partial charge in [-0.05, 0) is 37.8 Å². The first-order chi connectivity index (χ1) is 11.7. The van der Waals surface area contributed by atoms with E-state index in [-0.39, 0.29) is 18.0 Å². The van der Waals surface area contributed by atoms with E-state index in [9.17, 15) is 4.79 Å². The molecule has 8 nitrogen and oxygen atoms in total. The van der Waals surface area contributed by atoms with Crippen LogP contribution in [0, 0.1) is 12.8 Å². The van der Waals surface area contributed by atoms with Crippen molar-refractivity contribution in [2.45, 2.75) is 32.2 Å². The summed E-state index contributed by atoms with van der Waals surface area (Å²) in [5.74, 6) is 2.06. The van der Waals surface area contributed by atoms with E-state index in [0.29, 0.717) is 37.9 Å². The van der Waals surface area contributed by atoms with Crippen LogP contribution in [0.5, 0.6) is 0 Å². The van der Waals surface area contributed by atoms with Gasteiger partial charge in [-0.25, -0.2) is 4.79 Å². The summed E-state index contributed by atoms with van der Waals surface area (Å²) in [6.45, 7) is 3.60. The quantitative estimate of drug-likeness (QED) is 0.837. The molecular weight excluding hydrogens is 312 g/mol. The number of ether oxygens (including phenoxy) is 1.